The van der Waals surface area contributed by atoms with Gasteiger partial charge in [0.1, 0.15) is 5.69 Å². The molecule has 26 heavy (non-hydrogen) atoms. The van der Waals surface area contributed by atoms with Gasteiger partial charge in [-0.05, 0) is 23.6 Å². The summed E-state index contributed by atoms with van der Waals surface area (Å²) in [5.74, 6) is -0.0483. The number of rotatable bonds is 4. The third kappa shape index (κ3) is 3.70. The Balaban J connectivity index is 1.79. The SMILES string of the molecule is CS(=O)(=O)c1ccc(N2CCN(C(=O)c3ccsc3)CC2)c([N+](=O)[O-])c1. The average molecular weight is 395 g/mol. The van der Waals surface area contributed by atoms with Crippen LogP contribution in [0.15, 0.2) is 39.9 Å². The quantitative estimate of drug-likeness (QED) is 0.580. The van der Waals surface area contributed by atoms with E-state index in [9.17, 15) is 23.3 Å². The normalized spacial score (nSPS) is 15.1. The van der Waals surface area contributed by atoms with Crippen LogP contribution in [0, 0.1) is 10.1 Å². The average Bonchev–Trinajstić information content (AvgIpc) is 3.14. The second-order valence-electron chi connectivity index (χ2n) is 5.97. The van der Waals surface area contributed by atoms with Crippen LogP contribution in [0.25, 0.3) is 0 Å². The molecule has 1 amide bonds. The highest BCUT2D eigenvalue weighted by atomic mass is 32.2. The van der Waals surface area contributed by atoms with Crippen molar-refractivity contribution in [1.82, 2.24) is 4.90 Å². The fraction of sp³-hybridized carbons (Fsp3) is 0.312. The molecule has 0 saturated carbocycles. The highest BCUT2D eigenvalue weighted by molar-refractivity contribution is 7.90. The standard InChI is InChI=1S/C16H17N3O5S2/c1-26(23,24)13-2-3-14(15(10-13)19(21)22)17-5-7-18(8-6-17)16(20)12-4-9-25-11-12/h2-4,9-11H,5-8H2,1H3. The summed E-state index contributed by atoms with van der Waals surface area (Å²) in [6.45, 7) is 1.77. The molecule has 2 heterocycles. The van der Waals surface area contributed by atoms with Gasteiger partial charge in [0, 0.05) is 43.9 Å². The predicted octanol–water partition coefficient (Wildman–Crippen LogP) is 2.02. The van der Waals surface area contributed by atoms with Crippen LogP contribution in [0.5, 0.6) is 0 Å². The molecule has 0 N–H and O–H groups in total. The fourth-order valence-corrected chi connectivity index (χ4v) is 4.14. The molecule has 3 rings (SSSR count). The summed E-state index contributed by atoms with van der Waals surface area (Å²) < 4.78 is 23.3. The first-order valence-electron chi connectivity index (χ1n) is 7.82. The number of hydrogen-bond donors (Lipinski definition) is 0. The summed E-state index contributed by atoms with van der Waals surface area (Å²) in [6, 6.07) is 5.70. The Morgan fingerprint density at radius 3 is 2.42 bits per heavy atom. The zero-order chi connectivity index (χ0) is 18.9. The van der Waals surface area contributed by atoms with Crippen LogP contribution in [0.1, 0.15) is 10.4 Å². The van der Waals surface area contributed by atoms with Gasteiger partial charge in [0.05, 0.1) is 15.4 Å². The maximum atomic E-state index is 12.4. The molecule has 138 valence electrons. The zero-order valence-electron chi connectivity index (χ0n) is 14.0. The summed E-state index contributed by atoms with van der Waals surface area (Å²) in [7, 11) is -3.53. The molecule has 1 aliphatic heterocycles. The molecule has 1 fully saturated rings. The number of thiophene rings is 1. The molecule has 1 saturated heterocycles. The van der Waals surface area contributed by atoms with Crippen LogP contribution in [-0.2, 0) is 9.84 Å². The predicted molar refractivity (Wildman–Crippen MR) is 98.6 cm³/mol. The van der Waals surface area contributed by atoms with E-state index in [1.54, 1.807) is 16.3 Å². The Labute approximate surface area is 154 Å². The minimum Gasteiger partial charge on any atom is -0.362 e. The van der Waals surface area contributed by atoms with Gasteiger partial charge in [0.25, 0.3) is 11.6 Å². The molecular weight excluding hydrogens is 378 g/mol. The van der Waals surface area contributed by atoms with Crippen LogP contribution in [0.4, 0.5) is 11.4 Å². The van der Waals surface area contributed by atoms with E-state index in [-0.39, 0.29) is 16.5 Å². The van der Waals surface area contributed by atoms with Gasteiger partial charge in [-0.15, -0.1) is 0 Å². The van der Waals surface area contributed by atoms with Gasteiger partial charge >= 0.3 is 0 Å². The summed E-state index contributed by atoms with van der Waals surface area (Å²) in [5.41, 5.74) is 0.766. The maximum Gasteiger partial charge on any atom is 0.293 e. The van der Waals surface area contributed by atoms with Gasteiger partial charge in [-0.3, -0.25) is 14.9 Å². The second kappa shape index (κ2) is 7.04. The van der Waals surface area contributed by atoms with Crippen molar-refractivity contribution in [3.05, 3.63) is 50.7 Å². The number of nitrogens with zero attached hydrogens (tertiary/aromatic N) is 3. The lowest BCUT2D eigenvalue weighted by atomic mass is 10.2. The van der Waals surface area contributed by atoms with Gasteiger partial charge in [-0.25, -0.2) is 8.42 Å². The monoisotopic (exact) mass is 395 g/mol. The van der Waals surface area contributed by atoms with Crippen LogP contribution >= 0.6 is 11.3 Å². The number of carbonyl (C=O) groups is 1. The number of anilines is 1. The Morgan fingerprint density at radius 2 is 1.88 bits per heavy atom. The Morgan fingerprint density at radius 1 is 1.19 bits per heavy atom. The van der Waals surface area contributed by atoms with E-state index in [1.165, 1.54) is 23.5 Å². The lowest BCUT2D eigenvalue weighted by Gasteiger charge is -2.35. The first-order valence-corrected chi connectivity index (χ1v) is 10.7. The summed E-state index contributed by atoms with van der Waals surface area (Å²) >= 11 is 1.46. The molecule has 0 radical (unpaired) electrons. The summed E-state index contributed by atoms with van der Waals surface area (Å²) in [6.07, 6.45) is 1.01. The largest absolute Gasteiger partial charge is 0.362 e. The van der Waals surface area contributed by atoms with Gasteiger partial charge in [-0.1, -0.05) is 0 Å². The van der Waals surface area contributed by atoms with Crippen molar-refractivity contribution in [1.29, 1.82) is 0 Å². The third-order valence-corrected chi connectivity index (χ3v) is 6.04. The molecule has 2 aromatic rings. The summed E-state index contributed by atoms with van der Waals surface area (Å²) in [5, 5.41) is 15.0. The van der Waals surface area contributed by atoms with Gasteiger partial charge in [-0.2, -0.15) is 11.3 Å². The number of benzene rings is 1. The molecule has 0 aliphatic carbocycles. The number of hydrogen-bond acceptors (Lipinski definition) is 7. The molecule has 1 aliphatic rings. The number of nitro benzene ring substituents is 1. The number of sulfone groups is 1. The number of carbonyl (C=O) groups excluding carboxylic acids is 1. The van der Waals surface area contributed by atoms with Crippen molar-refractivity contribution >= 4 is 38.5 Å². The van der Waals surface area contributed by atoms with E-state index in [1.807, 2.05) is 10.3 Å². The Bertz CT molecular complexity index is 933. The third-order valence-electron chi connectivity index (χ3n) is 4.25. The zero-order valence-corrected chi connectivity index (χ0v) is 15.6. The Hall–Kier alpha value is -2.46. The molecule has 1 aromatic carbocycles. The second-order valence-corrected chi connectivity index (χ2v) is 8.77. The molecule has 0 spiro atoms. The summed E-state index contributed by atoms with van der Waals surface area (Å²) in [4.78, 5) is 26.6. The molecular formula is C16H17N3O5S2. The van der Waals surface area contributed by atoms with Crippen molar-refractivity contribution in [3.8, 4) is 0 Å². The molecule has 1 aromatic heterocycles. The van der Waals surface area contributed by atoms with Crippen LogP contribution < -0.4 is 4.90 Å². The van der Waals surface area contributed by atoms with E-state index in [4.69, 9.17) is 0 Å². The first kappa shape index (κ1) is 18.3. The minimum atomic E-state index is -3.53. The maximum absolute atomic E-state index is 12.4. The van der Waals surface area contributed by atoms with E-state index in [0.717, 1.165) is 12.3 Å². The molecule has 10 heteroatoms. The molecule has 8 nitrogen and oxygen atoms in total. The number of amides is 1. The number of piperazine rings is 1. The van der Waals surface area contributed by atoms with Crippen molar-refractivity contribution in [2.24, 2.45) is 0 Å². The van der Waals surface area contributed by atoms with Gasteiger partial charge in [0.2, 0.25) is 0 Å². The molecule has 0 atom stereocenters. The van der Waals surface area contributed by atoms with E-state index in [2.05, 4.69) is 0 Å². The van der Waals surface area contributed by atoms with Crippen molar-refractivity contribution < 1.29 is 18.1 Å². The van der Waals surface area contributed by atoms with E-state index < -0.39 is 14.8 Å². The van der Waals surface area contributed by atoms with Gasteiger partial charge in [0.15, 0.2) is 9.84 Å². The van der Waals surface area contributed by atoms with Crippen molar-refractivity contribution in [3.63, 3.8) is 0 Å². The van der Waals surface area contributed by atoms with Crippen molar-refractivity contribution in [2.45, 2.75) is 4.90 Å². The van der Waals surface area contributed by atoms with Gasteiger partial charge < -0.3 is 9.80 Å². The molecule has 0 bridgehead atoms. The minimum absolute atomic E-state index is 0.0483. The smallest absolute Gasteiger partial charge is 0.293 e. The van der Waals surface area contributed by atoms with Crippen LogP contribution in [-0.4, -0.2) is 56.6 Å². The lowest BCUT2D eigenvalue weighted by molar-refractivity contribution is -0.384. The first-order chi connectivity index (χ1) is 12.3. The fourth-order valence-electron chi connectivity index (χ4n) is 2.87. The topological polar surface area (TPSA) is 101 Å². The van der Waals surface area contributed by atoms with Crippen molar-refractivity contribution in [2.75, 3.05) is 37.3 Å². The molecule has 0 unspecified atom stereocenters. The highest BCUT2D eigenvalue weighted by Gasteiger charge is 2.27. The lowest BCUT2D eigenvalue weighted by Crippen LogP contribution is -2.48. The van der Waals surface area contributed by atoms with E-state index in [0.29, 0.717) is 37.4 Å². The van der Waals surface area contributed by atoms with Crippen LogP contribution in [0.3, 0.4) is 0 Å². The Kier molecular flexibility index (Phi) is 4.97. The van der Waals surface area contributed by atoms with Crippen LogP contribution in [0.2, 0.25) is 0 Å². The number of nitro groups is 1. The highest BCUT2D eigenvalue weighted by Crippen LogP contribution is 2.31. The van der Waals surface area contributed by atoms with E-state index >= 15 is 0 Å².